The second kappa shape index (κ2) is 13.0. The minimum absolute atomic E-state index is 0.0764. The van der Waals surface area contributed by atoms with E-state index in [0.717, 1.165) is 5.56 Å². The molecule has 0 saturated carbocycles. The monoisotopic (exact) mass is 376 g/mol. The Hall–Kier alpha value is -3.32. The van der Waals surface area contributed by atoms with Crippen LogP contribution in [0.4, 0.5) is 0 Å². The fraction of sp³-hybridized carbons (Fsp3) is 0.200. The van der Waals surface area contributed by atoms with Gasteiger partial charge in [-0.15, -0.1) is 0 Å². The molecule has 1 unspecified atom stereocenters. The predicted molar refractivity (Wildman–Crippen MR) is 100 cm³/mol. The van der Waals surface area contributed by atoms with Crippen molar-refractivity contribution in [3.8, 4) is 11.5 Å². The number of carbonyl (C=O) groups is 2. The van der Waals surface area contributed by atoms with Crippen molar-refractivity contribution in [2.45, 2.75) is 26.6 Å². The van der Waals surface area contributed by atoms with Crippen LogP contribution >= 0.6 is 0 Å². The average molecular weight is 376 g/mol. The van der Waals surface area contributed by atoms with Crippen LogP contribution in [0.1, 0.15) is 19.4 Å². The molecular formula is C20H24O7. The van der Waals surface area contributed by atoms with Crippen molar-refractivity contribution in [3.05, 3.63) is 72.3 Å². The van der Waals surface area contributed by atoms with E-state index >= 15 is 0 Å². The molecule has 7 nitrogen and oxygen atoms in total. The van der Waals surface area contributed by atoms with E-state index in [9.17, 15) is 9.59 Å². The molecule has 0 heterocycles. The maximum atomic E-state index is 10.5. The second-order valence-electron chi connectivity index (χ2n) is 5.33. The summed E-state index contributed by atoms with van der Waals surface area (Å²) in [7, 11) is 0. The minimum atomic E-state index is -1.05. The standard InChI is InChI=1S/C8H8O2.C6H10O3.C6H6O2/c9-8(10)6-7-4-2-1-3-5-7;1-4(2)6(8)9-5(3)7;7-5-3-1-2-4-6(5)8/h1-5H,6H2,(H,9,10);5,7H,1H2,2-3H3;1-4,7-8H. The average Bonchev–Trinajstić information content (AvgIpc) is 2.58. The molecule has 0 fully saturated rings. The fourth-order valence-electron chi connectivity index (χ4n) is 1.49. The lowest BCUT2D eigenvalue weighted by Crippen LogP contribution is -2.13. The summed E-state index contributed by atoms with van der Waals surface area (Å²) in [5.74, 6) is -1.50. The molecule has 0 spiro atoms. The summed E-state index contributed by atoms with van der Waals surface area (Å²) in [6.45, 7) is 6.20. The van der Waals surface area contributed by atoms with Gasteiger partial charge >= 0.3 is 11.9 Å². The molecule has 27 heavy (non-hydrogen) atoms. The molecule has 1 atom stereocenters. The van der Waals surface area contributed by atoms with Crippen molar-refractivity contribution in [1.29, 1.82) is 0 Å². The maximum Gasteiger partial charge on any atom is 0.335 e. The lowest BCUT2D eigenvalue weighted by molar-refractivity contribution is -0.159. The van der Waals surface area contributed by atoms with E-state index in [1.165, 1.54) is 26.0 Å². The molecule has 146 valence electrons. The van der Waals surface area contributed by atoms with Crippen molar-refractivity contribution in [2.24, 2.45) is 0 Å². The Kier molecular flexibility index (Phi) is 11.4. The first-order valence-electron chi connectivity index (χ1n) is 7.90. The van der Waals surface area contributed by atoms with Gasteiger partial charge in [-0.25, -0.2) is 4.79 Å². The molecule has 0 amide bonds. The minimum Gasteiger partial charge on any atom is -0.504 e. The summed E-state index contributed by atoms with van der Waals surface area (Å²) in [6, 6.07) is 15.3. The van der Waals surface area contributed by atoms with Crippen molar-refractivity contribution in [3.63, 3.8) is 0 Å². The number of aromatic hydroxyl groups is 2. The molecule has 2 aromatic rings. The highest BCUT2D eigenvalue weighted by Crippen LogP contribution is 2.21. The number of aliphatic carboxylic acids is 1. The number of carbonyl (C=O) groups excluding carboxylic acids is 1. The number of benzene rings is 2. The Morgan fingerprint density at radius 2 is 1.44 bits per heavy atom. The van der Waals surface area contributed by atoms with Crippen LogP contribution in [0.5, 0.6) is 11.5 Å². The fourth-order valence-corrected chi connectivity index (χ4v) is 1.49. The number of para-hydroxylation sites is 2. The van der Waals surface area contributed by atoms with Gasteiger partial charge in [-0.2, -0.15) is 0 Å². The highest BCUT2D eigenvalue weighted by Gasteiger charge is 2.04. The van der Waals surface area contributed by atoms with Gasteiger partial charge in [0.2, 0.25) is 0 Å². The van der Waals surface area contributed by atoms with Crippen LogP contribution in [0.2, 0.25) is 0 Å². The lowest BCUT2D eigenvalue weighted by atomic mass is 10.2. The van der Waals surface area contributed by atoms with E-state index in [1.54, 1.807) is 24.3 Å². The smallest absolute Gasteiger partial charge is 0.335 e. The predicted octanol–water partition coefficient (Wildman–Crippen LogP) is 2.86. The maximum absolute atomic E-state index is 10.5. The zero-order valence-electron chi connectivity index (χ0n) is 15.2. The van der Waals surface area contributed by atoms with Gasteiger partial charge in [0.1, 0.15) is 0 Å². The Bertz CT molecular complexity index is 703. The van der Waals surface area contributed by atoms with Gasteiger partial charge in [0.25, 0.3) is 0 Å². The lowest BCUT2D eigenvalue weighted by Gasteiger charge is -2.04. The van der Waals surface area contributed by atoms with Gasteiger partial charge in [0, 0.05) is 5.57 Å². The van der Waals surface area contributed by atoms with Crippen LogP contribution in [0.3, 0.4) is 0 Å². The van der Waals surface area contributed by atoms with Gasteiger partial charge in [0.05, 0.1) is 6.42 Å². The number of hydrogen-bond donors (Lipinski definition) is 4. The topological polar surface area (TPSA) is 124 Å². The Morgan fingerprint density at radius 1 is 1.00 bits per heavy atom. The molecule has 0 aliphatic heterocycles. The van der Waals surface area contributed by atoms with Crippen molar-refractivity contribution in [2.75, 3.05) is 0 Å². The molecule has 0 aliphatic rings. The molecule has 7 heteroatoms. The number of rotatable bonds is 4. The van der Waals surface area contributed by atoms with Gasteiger partial charge in [-0.1, -0.05) is 49.0 Å². The molecule has 4 N–H and O–H groups in total. The summed E-state index contributed by atoms with van der Waals surface area (Å²) >= 11 is 0. The molecule has 0 saturated heterocycles. The Morgan fingerprint density at radius 3 is 1.74 bits per heavy atom. The molecule has 0 bridgehead atoms. The summed E-state index contributed by atoms with van der Waals surface area (Å²) < 4.78 is 4.33. The van der Waals surface area contributed by atoms with E-state index in [4.69, 9.17) is 20.4 Å². The third-order valence-corrected chi connectivity index (χ3v) is 2.71. The summed E-state index contributed by atoms with van der Waals surface area (Å²) in [6.07, 6.45) is -0.935. The van der Waals surface area contributed by atoms with E-state index < -0.39 is 18.2 Å². The van der Waals surface area contributed by atoms with Crippen molar-refractivity contribution >= 4 is 11.9 Å². The molecule has 2 rings (SSSR count). The third-order valence-electron chi connectivity index (χ3n) is 2.71. The third kappa shape index (κ3) is 12.7. The van der Waals surface area contributed by atoms with Gasteiger partial charge < -0.3 is 25.2 Å². The van der Waals surface area contributed by atoms with E-state index in [-0.39, 0.29) is 23.5 Å². The molecular weight excluding hydrogens is 352 g/mol. The van der Waals surface area contributed by atoms with E-state index in [2.05, 4.69) is 11.3 Å². The van der Waals surface area contributed by atoms with Crippen LogP contribution in [-0.2, 0) is 20.7 Å². The molecule has 0 radical (unpaired) electrons. The van der Waals surface area contributed by atoms with E-state index in [1.807, 2.05) is 18.2 Å². The number of phenolic OH excluding ortho intramolecular Hbond substituents is 2. The number of esters is 1. The van der Waals surface area contributed by atoms with Crippen LogP contribution in [0.15, 0.2) is 66.7 Å². The highest BCUT2D eigenvalue weighted by atomic mass is 16.6. The highest BCUT2D eigenvalue weighted by molar-refractivity contribution is 5.86. The Labute approximate surface area is 157 Å². The largest absolute Gasteiger partial charge is 0.504 e. The van der Waals surface area contributed by atoms with E-state index in [0.29, 0.717) is 0 Å². The number of carboxylic acids is 1. The molecule has 0 aliphatic carbocycles. The number of hydrogen-bond acceptors (Lipinski definition) is 6. The van der Waals surface area contributed by atoms with Crippen molar-refractivity contribution < 1.29 is 34.8 Å². The number of ether oxygens (including phenoxy) is 1. The quantitative estimate of drug-likeness (QED) is 0.280. The first-order chi connectivity index (χ1) is 12.6. The summed E-state index contributed by atoms with van der Waals surface area (Å²) in [4.78, 5) is 20.6. The van der Waals surface area contributed by atoms with Crippen molar-refractivity contribution in [1.82, 2.24) is 0 Å². The van der Waals surface area contributed by atoms with Crippen LogP contribution in [0.25, 0.3) is 0 Å². The van der Waals surface area contributed by atoms with Gasteiger partial charge in [0.15, 0.2) is 17.8 Å². The first-order valence-corrected chi connectivity index (χ1v) is 7.90. The molecule has 0 aromatic heterocycles. The number of carboxylic acid groups (broad SMARTS) is 1. The Balaban J connectivity index is 0.000000378. The molecule has 2 aromatic carbocycles. The first kappa shape index (κ1) is 23.7. The SMILES string of the molecule is C=C(C)C(=O)OC(C)O.O=C(O)Cc1ccccc1.Oc1ccccc1O. The number of aliphatic hydroxyl groups is 1. The number of aliphatic hydroxyl groups excluding tert-OH is 1. The summed E-state index contributed by atoms with van der Waals surface area (Å²) in [5, 5.41) is 34.2. The second-order valence-corrected chi connectivity index (χ2v) is 5.33. The zero-order chi connectivity index (χ0) is 20.8. The van der Waals surface area contributed by atoms with Crippen LogP contribution in [-0.4, -0.2) is 38.7 Å². The van der Waals surface area contributed by atoms with Crippen LogP contribution < -0.4 is 0 Å². The normalized spacial score (nSPS) is 10.2. The summed E-state index contributed by atoms with van der Waals surface area (Å²) in [5.41, 5.74) is 1.13. The van der Waals surface area contributed by atoms with Gasteiger partial charge in [-0.05, 0) is 31.5 Å². The van der Waals surface area contributed by atoms with Crippen LogP contribution in [0, 0.1) is 0 Å². The number of phenols is 2. The van der Waals surface area contributed by atoms with Gasteiger partial charge in [-0.3, -0.25) is 4.79 Å². The zero-order valence-corrected chi connectivity index (χ0v) is 15.2.